The number of hydrogen-bond acceptors (Lipinski definition) is 8. The van der Waals surface area contributed by atoms with Gasteiger partial charge in [0.15, 0.2) is 13.6 Å². The number of benzene rings is 12. The van der Waals surface area contributed by atoms with Gasteiger partial charge in [-0.15, -0.1) is 0 Å². The zero-order chi connectivity index (χ0) is 57.7. The zero-order valence-corrected chi connectivity index (χ0v) is 49.5. The molecule has 0 aromatic heterocycles. The Morgan fingerprint density at radius 3 is 0.598 bits per heavy atom. The Kier molecular flexibility index (Phi) is 13.7. The van der Waals surface area contributed by atoms with Crippen LogP contribution in [0.15, 0.2) is 109 Å². The molecule has 8 heteroatoms. The van der Waals surface area contributed by atoms with Gasteiger partial charge in [-0.05, 0) is 320 Å². The minimum absolute atomic E-state index is 0.137. The molecule has 412 valence electrons. The molecule has 0 saturated heterocycles. The van der Waals surface area contributed by atoms with Gasteiger partial charge >= 0.3 is 11.9 Å². The number of aryl methyl sites for hydroxylation is 14. The summed E-state index contributed by atoms with van der Waals surface area (Å²) in [5.74, 6) is 1.14. The lowest BCUT2D eigenvalue weighted by atomic mass is 9.89. The molecule has 12 aromatic rings. The zero-order valence-electron chi connectivity index (χ0n) is 49.5. The number of ether oxygens (including phenoxy) is 6. The molecule has 0 atom stereocenters. The number of fused-ring (bicyclic) bond motifs is 18. The molecule has 0 fully saturated rings. The lowest BCUT2D eigenvalue weighted by Gasteiger charge is -2.18. The Hall–Kier alpha value is -8.56. The Balaban J connectivity index is 0.755. The van der Waals surface area contributed by atoms with Gasteiger partial charge in [0.2, 0.25) is 0 Å². The van der Waals surface area contributed by atoms with E-state index in [2.05, 4.69) is 160 Å². The molecule has 0 bridgehead atoms. The smallest absolute Gasteiger partial charge is 0.337 e. The van der Waals surface area contributed by atoms with Gasteiger partial charge in [-0.1, -0.05) is 60.7 Å². The second-order valence-electron chi connectivity index (χ2n) is 23.2. The van der Waals surface area contributed by atoms with E-state index in [1.165, 1.54) is 98.4 Å². The van der Waals surface area contributed by atoms with Crippen molar-refractivity contribution in [3.8, 4) is 23.0 Å². The Bertz CT molecular complexity index is 4450. The largest absolute Gasteiger partial charge is 0.467 e. The minimum atomic E-state index is -0.546. The second-order valence-corrected chi connectivity index (χ2v) is 23.2. The summed E-state index contributed by atoms with van der Waals surface area (Å²) in [5.41, 5.74) is 15.8. The van der Waals surface area contributed by atoms with Crippen molar-refractivity contribution in [3.63, 3.8) is 0 Å². The van der Waals surface area contributed by atoms with Crippen LogP contribution in [0.25, 0.3) is 97.0 Å². The van der Waals surface area contributed by atoms with Gasteiger partial charge < -0.3 is 28.4 Å². The number of rotatable bonds is 12. The van der Waals surface area contributed by atoms with E-state index in [4.69, 9.17) is 28.4 Å². The number of esters is 2. The molecule has 0 heterocycles. The minimum Gasteiger partial charge on any atom is -0.467 e. The quantitative estimate of drug-likeness (QED) is 0.0393. The van der Waals surface area contributed by atoms with E-state index in [0.29, 0.717) is 23.0 Å². The maximum atomic E-state index is 13.6. The van der Waals surface area contributed by atoms with Crippen LogP contribution in [0.1, 0.15) is 77.9 Å². The van der Waals surface area contributed by atoms with Crippen molar-refractivity contribution in [1.82, 2.24) is 0 Å². The fourth-order valence-corrected chi connectivity index (χ4v) is 12.1. The van der Waals surface area contributed by atoms with Gasteiger partial charge in [0.05, 0.1) is 0 Å². The molecule has 0 amide bonds. The van der Waals surface area contributed by atoms with Crippen molar-refractivity contribution in [3.05, 3.63) is 187 Å². The van der Waals surface area contributed by atoms with E-state index in [1.54, 1.807) is 0 Å². The number of carbonyl (C=O) groups excluding carboxylic acids is 2. The molecule has 0 spiro atoms. The molecule has 0 radical (unpaired) electrons. The lowest BCUT2D eigenvalue weighted by molar-refractivity contribution is -0.142. The molecule has 8 nitrogen and oxygen atoms in total. The van der Waals surface area contributed by atoms with Crippen molar-refractivity contribution in [2.45, 2.75) is 96.9 Å². The highest BCUT2D eigenvalue weighted by Gasteiger charge is 2.21. The monoisotopic (exact) mass is 1080 g/mol. The van der Waals surface area contributed by atoms with Gasteiger partial charge in [0.25, 0.3) is 0 Å². The standard InChI is InChI=1S/C74H68O8/c1-37-15-51-53-17-39(3)44(8)22-58(53)65-29-69(47(11)25-61(65)55(51)19-41(37)5)79-35-77-33-73(75)81-71-31-67-60-24-46(10)43(7)21-57(60)63-27-49(13)72(32-68(63)64(67)28-50(71)14)82-74(76)34-78-36-80-70-30-66-59-23-45(9)40(4)18-54(59)52-16-38(2)42(6)20-56(52)62(66)26-48(70)12/h15-32H,33-36H2,1-14H3. The molecule has 12 rings (SSSR count). The first-order valence-corrected chi connectivity index (χ1v) is 28.2. The summed E-state index contributed by atoms with van der Waals surface area (Å²) < 4.78 is 36.3. The van der Waals surface area contributed by atoms with Gasteiger partial charge in [-0.25, -0.2) is 9.59 Å². The Morgan fingerprint density at radius 1 is 0.232 bits per heavy atom. The van der Waals surface area contributed by atoms with Crippen LogP contribution in [0.5, 0.6) is 23.0 Å². The summed E-state index contributed by atoms with van der Waals surface area (Å²) in [4.78, 5) is 27.1. The molecule has 0 aliphatic rings. The van der Waals surface area contributed by atoms with E-state index in [0.717, 1.165) is 76.5 Å². The fourth-order valence-electron chi connectivity index (χ4n) is 12.1. The third kappa shape index (κ3) is 9.47. The predicted molar refractivity (Wildman–Crippen MR) is 337 cm³/mol. The molecule has 0 saturated carbocycles. The van der Waals surface area contributed by atoms with Crippen molar-refractivity contribution < 1.29 is 38.0 Å². The summed E-state index contributed by atoms with van der Waals surface area (Å²) in [6, 6.07) is 39.3. The molecule has 12 aromatic carbocycles. The Labute approximate surface area is 478 Å². The van der Waals surface area contributed by atoms with Crippen LogP contribution in [0.3, 0.4) is 0 Å². The summed E-state index contributed by atoms with van der Waals surface area (Å²) in [5, 5.41) is 20.1. The van der Waals surface area contributed by atoms with Crippen LogP contribution in [-0.4, -0.2) is 38.7 Å². The molecular weight excluding hydrogens is 1020 g/mol. The lowest BCUT2D eigenvalue weighted by Crippen LogP contribution is -2.18. The topological polar surface area (TPSA) is 89.5 Å². The summed E-state index contributed by atoms with van der Waals surface area (Å²) >= 11 is 0. The average Bonchev–Trinajstić information content (AvgIpc) is 3.24. The van der Waals surface area contributed by atoms with Crippen molar-refractivity contribution in [2.75, 3.05) is 26.8 Å². The first kappa shape index (κ1) is 54.0. The molecule has 0 N–H and O–H groups in total. The van der Waals surface area contributed by atoms with Gasteiger partial charge in [-0.3, -0.25) is 0 Å². The van der Waals surface area contributed by atoms with E-state index in [1.807, 2.05) is 45.9 Å². The van der Waals surface area contributed by atoms with Crippen LogP contribution < -0.4 is 18.9 Å². The van der Waals surface area contributed by atoms with Gasteiger partial charge in [0.1, 0.15) is 36.2 Å². The van der Waals surface area contributed by atoms with Crippen LogP contribution >= 0.6 is 0 Å². The first-order chi connectivity index (χ1) is 39.2. The fraction of sp³-hybridized carbons (Fsp3) is 0.243. The van der Waals surface area contributed by atoms with Crippen molar-refractivity contribution in [1.29, 1.82) is 0 Å². The maximum absolute atomic E-state index is 13.6. The number of hydrogen-bond donors (Lipinski definition) is 0. The van der Waals surface area contributed by atoms with E-state index >= 15 is 0 Å². The summed E-state index contributed by atoms with van der Waals surface area (Å²) in [7, 11) is 0. The van der Waals surface area contributed by atoms with Gasteiger partial charge in [0, 0.05) is 0 Å². The normalized spacial score (nSPS) is 11.9. The maximum Gasteiger partial charge on any atom is 0.337 e. The van der Waals surface area contributed by atoms with Crippen LogP contribution in [0, 0.1) is 96.9 Å². The van der Waals surface area contributed by atoms with Crippen LogP contribution in [-0.2, 0) is 19.1 Å². The van der Waals surface area contributed by atoms with Crippen molar-refractivity contribution >= 4 is 109 Å². The van der Waals surface area contributed by atoms with Crippen LogP contribution in [0.4, 0.5) is 0 Å². The highest BCUT2D eigenvalue weighted by molar-refractivity contribution is 6.28. The third-order valence-electron chi connectivity index (χ3n) is 17.5. The van der Waals surface area contributed by atoms with E-state index < -0.39 is 11.9 Å². The molecule has 82 heavy (non-hydrogen) atoms. The average molecular weight is 1090 g/mol. The first-order valence-electron chi connectivity index (χ1n) is 28.2. The highest BCUT2D eigenvalue weighted by atomic mass is 16.7. The molecular formula is C74H68O8. The van der Waals surface area contributed by atoms with E-state index in [-0.39, 0.29) is 26.8 Å². The number of carbonyl (C=O) groups is 2. The van der Waals surface area contributed by atoms with Crippen LogP contribution in [0.2, 0.25) is 0 Å². The highest BCUT2D eigenvalue weighted by Crippen LogP contribution is 2.44. The summed E-state index contributed by atoms with van der Waals surface area (Å²) in [6.45, 7) is 28.5. The summed E-state index contributed by atoms with van der Waals surface area (Å²) in [6.07, 6.45) is 0. The SMILES string of the molecule is Cc1cc2c3cc(C)c(C)cc3c3cc(OCOCC(=O)Oc4cc5c6cc(C)c(C)cc6c6cc(C)c(OC(=O)COCOc7cc8c9cc(C)c(C)cc9c9cc(C)c(C)cc9c8cc7C)cc6c5cc4C)c(C)cc3c2cc1C. The molecule has 0 aliphatic heterocycles. The third-order valence-corrected chi connectivity index (χ3v) is 17.5. The molecule has 0 unspecified atom stereocenters. The predicted octanol–water partition coefficient (Wildman–Crippen LogP) is 18.3. The van der Waals surface area contributed by atoms with Gasteiger partial charge in [-0.2, -0.15) is 0 Å². The second kappa shape index (κ2) is 20.8. The van der Waals surface area contributed by atoms with Crippen molar-refractivity contribution in [2.24, 2.45) is 0 Å². The Morgan fingerprint density at radius 2 is 0.390 bits per heavy atom. The molecule has 0 aliphatic carbocycles. The van der Waals surface area contributed by atoms with E-state index in [9.17, 15) is 9.59 Å².